The largest absolute Gasteiger partial charge is 0.494 e. The number of hydrazone groups is 1. The Balaban J connectivity index is 1.21. The van der Waals surface area contributed by atoms with Crippen LogP contribution in [0.2, 0.25) is 0 Å². The fraction of sp³-hybridized carbons (Fsp3) is 0.0488. The van der Waals surface area contributed by atoms with Crippen molar-refractivity contribution >= 4 is 103 Å². The van der Waals surface area contributed by atoms with E-state index in [0.29, 0.717) is 17.1 Å². The number of carbonyl (C=O) groups is 2. The van der Waals surface area contributed by atoms with Gasteiger partial charge in [0, 0.05) is 57.0 Å². The number of ether oxygens (including phenoxy) is 2. The molecule has 0 radical (unpaired) electrons. The fourth-order valence-electron chi connectivity index (χ4n) is 6.32. The number of carbonyl (C=O) groups excluding carboxylic acids is 2. The molecule has 24 heteroatoms. The number of fused-ring (bicyclic) bond motifs is 2. The normalized spacial score (nSPS) is 13.8. The number of ketones is 1. The third kappa shape index (κ3) is 10.1. The number of rotatable bonds is 13. The maximum atomic E-state index is 13.3. The number of nitrogens with one attached hydrogen (secondary N) is 2. The first-order chi connectivity index (χ1) is 30.7. The lowest BCUT2D eigenvalue weighted by molar-refractivity contribution is -0.108. The van der Waals surface area contributed by atoms with Crippen LogP contribution in [-0.4, -0.2) is 70.5 Å². The summed E-state index contributed by atoms with van der Waals surface area (Å²) in [5.41, 5.74) is 9.37. The van der Waals surface area contributed by atoms with E-state index in [0.717, 1.165) is 24.3 Å². The first-order valence-electron chi connectivity index (χ1n) is 18.3. The van der Waals surface area contributed by atoms with Crippen LogP contribution in [0.25, 0.3) is 15.7 Å². The van der Waals surface area contributed by atoms with E-state index < -0.39 is 56.7 Å². The summed E-state index contributed by atoms with van der Waals surface area (Å²) in [4.78, 5) is 24.6. The highest BCUT2D eigenvalue weighted by atomic mass is 32.2. The van der Waals surface area contributed by atoms with E-state index in [1.807, 2.05) is 0 Å². The Morgan fingerprint density at radius 2 is 1.28 bits per heavy atom. The molecule has 332 valence electrons. The predicted octanol–water partition coefficient (Wildman–Crippen LogP) is 7.64. The number of nitrogen functional groups attached to an aromatic ring is 1. The van der Waals surface area contributed by atoms with Gasteiger partial charge >= 0.3 is 0 Å². The van der Waals surface area contributed by atoms with Gasteiger partial charge in [-0.05, 0) is 84.9 Å². The number of hydrogen-bond acceptors (Lipinski definition) is 17. The molecule has 1 aliphatic carbocycles. The Morgan fingerprint density at radius 1 is 0.631 bits per heavy atom. The standard InChI is InChI=1S/C41H32N8O13S3/c1-61-37-20-35(48-49-40-29-12-10-24(43-41(51)22-6-8-23(42)9-7-22)17-31(29)39(21-36(40)50)65(58,59)60)38(62-2)19-34(37)47-46-33-15-14-32(28-13-11-27(18-30(28)33)64(55,56)57)45-44-25-4-3-5-26(16-25)63(52,53)54/h3-21,48H,42H2,1-2H3,(H,43,51)(H,52,53,54)(H,55,56,57)(H,58,59,60)/b45-44?,47-46?,49-40-. The average molecular weight is 941 g/mol. The van der Waals surface area contributed by atoms with E-state index in [1.165, 1.54) is 99.1 Å². The lowest BCUT2D eigenvalue weighted by Gasteiger charge is -2.19. The molecule has 0 spiro atoms. The summed E-state index contributed by atoms with van der Waals surface area (Å²) in [6.07, 6.45) is 0.689. The SMILES string of the molecule is COc1cc(N/N=C2\C(=O)C=C(S(=O)(=O)O)c3cc(NC(=O)c4ccc(N)cc4)ccc32)c(OC)cc1N=Nc1ccc(N=Nc2cccc(S(=O)(=O)O)c2)c2ccc(S(=O)(=O)O)cc12. The second kappa shape index (κ2) is 17.8. The Morgan fingerprint density at radius 3 is 1.94 bits per heavy atom. The summed E-state index contributed by atoms with van der Waals surface area (Å²) in [5.74, 6) is -1.26. The zero-order valence-corrected chi connectivity index (χ0v) is 35.9. The maximum Gasteiger partial charge on any atom is 0.295 e. The van der Waals surface area contributed by atoms with Gasteiger partial charge in [-0.25, -0.2) is 0 Å². The highest BCUT2D eigenvalue weighted by Gasteiger charge is 2.31. The summed E-state index contributed by atoms with van der Waals surface area (Å²) < 4.78 is 113. The third-order valence-corrected chi connectivity index (χ3v) is 12.0. The number of azo groups is 2. The van der Waals surface area contributed by atoms with Crippen LogP contribution in [0.5, 0.6) is 11.5 Å². The molecule has 0 bridgehead atoms. The summed E-state index contributed by atoms with van der Waals surface area (Å²) >= 11 is 0. The molecule has 0 aromatic heterocycles. The van der Waals surface area contributed by atoms with Crippen molar-refractivity contribution < 1.29 is 58.0 Å². The predicted molar refractivity (Wildman–Crippen MR) is 238 cm³/mol. The number of anilines is 3. The van der Waals surface area contributed by atoms with Crippen LogP contribution in [0.4, 0.5) is 39.8 Å². The highest BCUT2D eigenvalue weighted by molar-refractivity contribution is 7.95. The van der Waals surface area contributed by atoms with Crippen molar-refractivity contribution in [2.75, 3.05) is 30.7 Å². The van der Waals surface area contributed by atoms with Gasteiger partial charge in [-0.3, -0.25) is 28.7 Å². The van der Waals surface area contributed by atoms with Gasteiger partial charge in [0.25, 0.3) is 36.3 Å². The van der Waals surface area contributed by atoms with Gasteiger partial charge < -0.3 is 20.5 Å². The molecule has 21 nitrogen and oxygen atoms in total. The molecule has 6 aromatic carbocycles. The molecule has 1 aliphatic rings. The molecule has 0 saturated heterocycles. The molecule has 0 saturated carbocycles. The van der Waals surface area contributed by atoms with Crippen molar-refractivity contribution in [3.63, 3.8) is 0 Å². The molecule has 0 fully saturated rings. The van der Waals surface area contributed by atoms with Crippen LogP contribution in [0.15, 0.2) is 151 Å². The van der Waals surface area contributed by atoms with Crippen molar-refractivity contribution in [3.8, 4) is 11.5 Å². The number of allylic oxidation sites excluding steroid dienone is 1. The molecule has 0 heterocycles. The van der Waals surface area contributed by atoms with Crippen molar-refractivity contribution in [2.24, 2.45) is 25.6 Å². The van der Waals surface area contributed by atoms with Crippen LogP contribution >= 0.6 is 0 Å². The van der Waals surface area contributed by atoms with Crippen LogP contribution in [-0.2, 0) is 35.1 Å². The smallest absolute Gasteiger partial charge is 0.295 e. The first-order valence-corrected chi connectivity index (χ1v) is 22.7. The van der Waals surface area contributed by atoms with E-state index in [-0.39, 0.29) is 73.4 Å². The number of benzene rings is 6. The molecule has 6 aromatic rings. The number of hydrogen-bond donors (Lipinski definition) is 6. The van der Waals surface area contributed by atoms with Crippen LogP contribution in [0.1, 0.15) is 21.5 Å². The minimum atomic E-state index is -4.95. The molecule has 0 unspecified atom stereocenters. The Hall–Kier alpha value is -7.74. The van der Waals surface area contributed by atoms with E-state index in [4.69, 9.17) is 15.2 Å². The number of nitrogens with zero attached hydrogens (tertiary/aromatic N) is 5. The highest BCUT2D eigenvalue weighted by Crippen LogP contribution is 2.41. The minimum Gasteiger partial charge on any atom is -0.494 e. The Kier molecular flexibility index (Phi) is 12.4. The van der Waals surface area contributed by atoms with Gasteiger partial charge in [0.2, 0.25) is 5.78 Å². The van der Waals surface area contributed by atoms with Crippen molar-refractivity contribution in [1.29, 1.82) is 0 Å². The van der Waals surface area contributed by atoms with Crippen LogP contribution in [0, 0.1) is 0 Å². The van der Waals surface area contributed by atoms with Gasteiger partial charge in [0.15, 0.2) is 0 Å². The van der Waals surface area contributed by atoms with Gasteiger partial charge in [0.05, 0.1) is 41.1 Å². The van der Waals surface area contributed by atoms with Crippen LogP contribution in [0.3, 0.4) is 0 Å². The summed E-state index contributed by atoms with van der Waals surface area (Å²) in [5, 5.41) is 24.2. The summed E-state index contributed by atoms with van der Waals surface area (Å²) in [7, 11) is -11.5. The number of amides is 1. The average Bonchev–Trinajstić information content (AvgIpc) is 3.26. The van der Waals surface area contributed by atoms with E-state index in [1.54, 1.807) is 0 Å². The third-order valence-electron chi connectivity index (χ3n) is 9.43. The first kappa shape index (κ1) is 45.3. The zero-order valence-electron chi connectivity index (χ0n) is 33.4. The fourth-order valence-corrected chi connectivity index (χ4v) is 8.05. The minimum absolute atomic E-state index is 0.0114. The molecular weight excluding hydrogens is 909 g/mol. The van der Waals surface area contributed by atoms with Gasteiger partial charge in [-0.15, -0.1) is 15.3 Å². The molecule has 7 N–H and O–H groups in total. The van der Waals surface area contributed by atoms with E-state index in [9.17, 15) is 48.5 Å². The molecular formula is C41H32N8O13S3. The maximum absolute atomic E-state index is 13.3. The topological polar surface area (TPSA) is 328 Å². The van der Waals surface area contributed by atoms with Crippen LogP contribution < -0.4 is 25.9 Å². The number of methoxy groups -OCH3 is 2. The van der Waals surface area contributed by atoms with E-state index in [2.05, 4.69) is 36.3 Å². The molecule has 0 aliphatic heterocycles. The second-order valence-electron chi connectivity index (χ2n) is 13.6. The lowest BCUT2D eigenvalue weighted by Crippen LogP contribution is -2.24. The molecule has 65 heavy (non-hydrogen) atoms. The zero-order chi connectivity index (χ0) is 46.8. The quantitative estimate of drug-likeness (QED) is 0.0280. The second-order valence-corrected chi connectivity index (χ2v) is 17.9. The van der Waals surface area contributed by atoms with Crippen molar-refractivity contribution in [1.82, 2.24) is 0 Å². The summed E-state index contributed by atoms with van der Waals surface area (Å²) in [6, 6.07) is 24.4. The van der Waals surface area contributed by atoms with Gasteiger partial charge in [-0.1, -0.05) is 12.1 Å². The van der Waals surface area contributed by atoms with Crippen molar-refractivity contribution in [2.45, 2.75) is 9.79 Å². The van der Waals surface area contributed by atoms with E-state index >= 15 is 0 Å². The lowest BCUT2D eigenvalue weighted by atomic mass is 9.94. The monoisotopic (exact) mass is 940 g/mol. The van der Waals surface area contributed by atoms with Crippen molar-refractivity contribution in [3.05, 3.63) is 132 Å². The Bertz CT molecular complexity index is 3430. The molecule has 7 rings (SSSR count). The van der Waals surface area contributed by atoms with Gasteiger partial charge in [-0.2, -0.15) is 35.5 Å². The summed E-state index contributed by atoms with van der Waals surface area (Å²) in [6.45, 7) is 0. The Labute approximate surface area is 369 Å². The van der Waals surface area contributed by atoms with Gasteiger partial charge in [0.1, 0.15) is 33.5 Å². The molecule has 0 atom stereocenters. The number of nitrogens with two attached hydrogens (primary N) is 1. The molecule has 1 amide bonds.